The number of hydrogen-bond donors (Lipinski definition) is 4. The van der Waals surface area contributed by atoms with E-state index in [1.165, 1.54) is 24.3 Å². The summed E-state index contributed by atoms with van der Waals surface area (Å²) in [6.45, 7) is -5.85. The van der Waals surface area contributed by atoms with Gasteiger partial charge in [-0.2, -0.15) is 0 Å². The Labute approximate surface area is 126 Å². The summed E-state index contributed by atoms with van der Waals surface area (Å²) in [6.07, 6.45) is -8.13. The number of nitrogens with one attached hydrogen (secondary N) is 1. The van der Waals surface area contributed by atoms with Gasteiger partial charge in [0.15, 0.2) is 0 Å². The Bertz CT molecular complexity index is 643. The third-order valence-electron chi connectivity index (χ3n) is 1.79. The Kier molecular flexibility index (Phi) is 3.95. The lowest BCUT2D eigenvalue weighted by molar-refractivity contribution is -0.134. The van der Waals surface area contributed by atoms with Gasteiger partial charge in [-0.1, -0.05) is 25.4 Å². The van der Waals surface area contributed by atoms with E-state index in [2.05, 4.69) is 0 Å². The number of phenolic OH excluding ortho intramolecular Hbond substituents is 1. The molecule has 1 atom stereocenters. The molecule has 0 saturated heterocycles. The van der Waals surface area contributed by atoms with Crippen LogP contribution in [-0.2, 0) is 4.79 Å². The zero-order valence-corrected chi connectivity index (χ0v) is 10.3. The first-order chi connectivity index (χ1) is 12.4. The van der Waals surface area contributed by atoms with Crippen LogP contribution in [0.1, 0.15) is 50.5 Å². The van der Waals surface area contributed by atoms with E-state index < -0.39 is 44.7 Å². The molecule has 1 unspecified atom stereocenters. The van der Waals surface area contributed by atoms with Gasteiger partial charge in [-0.3, -0.25) is 4.79 Å². The molecule has 0 heterocycles. The van der Waals surface area contributed by atoms with Crippen LogP contribution >= 0.6 is 0 Å². The molecule has 1 aromatic rings. The zero-order chi connectivity index (χ0) is 22.6. The van der Waals surface area contributed by atoms with Crippen molar-refractivity contribution in [3.05, 3.63) is 29.8 Å². The van der Waals surface area contributed by atoms with Gasteiger partial charge < -0.3 is 20.6 Å². The largest absolute Gasteiger partial charge is 0.508 e. The van der Waals surface area contributed by atoms with Gasteiger partial charge in [-0.15, -0.1) is 0 Å². The van der Waals surface area contributed by atoms with Crippen molar-refractivity contribution in [2.75, 3.05) is 13.0 Å². The van der Waals surface area contributed by atoms with E-state index in [4.69, 9.17) is 27.3 Å². The molecule has 0 radical (unpaired) electrons. The number of rotatable bonds is 6. The number of carbonyl (C=O) groups is 1. The summed E-state index contributed by atoms with van der Waals surface area (Å²) in [7, 11) is 0. The van der Waals surface area contributed by atoms with Crippen molar-refractivity contribution in [3.8, 4) is 5.75 Å². The number of aromatic hydroxyl groups is 1. The fourth-order valence-corrected chi connectivity index (χ4v) is 1.04. The van der Waals surface area contributed by atoms with Gasteiger partial charge in [0, 0.05) is 25.8 Å². The number of aliphatic hydroxyl groups excluding tert-OH is 1. The molecule has 1 rings (SSSR count). The van der Waals surface area contributed by atoms with Crippen LogP contribution in [0.15, 0.2) is 24.3 Å². The van der Waals surface area contributed by atoms with Crippen LogP contribution in [0, 0.1) is 0 Å². The first-order valence-corrected chi connectivity index (χ1v) is 5.28. The molecule has 0 saturated carbocycles. The Morgan fingerprint density at radius 3 is 2.58 bits per heavy atom. The van der Waals surface area contributed by atoms with Gasteiger partial charge in [0.1, 0.15) is 5.75 Å². The average Bonchev–Trinajstić information content (AvgIpc) is 2.51. The van der Waals surface area contributed by atoms with Gasteiger partial charge in [-0.25, -0.2) is 0 Å². The molecule has 0 amide bonds. The summed E-state index contributed by atoms with van der Waals surface area (Å²) in [6, 6.07) is 5.38. The van der Waals surface area contributed by atoms with Crippen LogP contribution < -0.4 is 5.32 Å². The van der Waals surface area contributed by atoms with Gasteiger partial charge >= 0.3 is 0 Å². The maximum atomic E-state index is 9.97. The Morgan fingerprint density at radius 2 is 2.05 bits per heavy atom. The minimum atomic E-state index is -3.46. The zero-order valence-electron chi connectivity index (χ0n) is 19.3. The third-order valence-corrected chi connectivity index (χ3v) is 1.79. The highest BCUT2D eigenvalue weighted by molar-refractivity contribution is 5.62. The number of aliphatic carboxylic acids is 1. The number of carboxylic acid groups (broad SMARTS) is 1. The normalized spacial score (nSPS) is 21.3. The highest BCUT2D eigenvalue weighted by atomic mass is 16.4. The maximum absolute atomic E-state index is 9.97. The van der Waals surface area contributed by atoms with Crippen molar-refractivity contribution >= 4 is 5.97 Å². The van der Waals surface area contributed by atoms with E-state index in [0.29, 0.717) is 5.56 Å². The van der Waals surface area contributed by atoms with E-state index in [9.17, 15) is 5.11 Å². The van der Waals surface area contributed by atoms with Crippen molar-refractivity contribution in [3.63, 3.8) is 0 Å². The predicted molar refractivity (Wildman–Crippen MR) is 74.2 cm³/mol. The Morgan fingerprint density at radius 1 is 1.47 bits per heavy atom. The number of benzene rings is 1. The summed E-state index contributed by atoms with van der Waals surface area (Å²) in [5.74, 6) is -0.864. The molecule has 1 aromatic carbocycles. The highest BCUT2D eigenvalue weighted by Crippen LogP contribution is 2.15. The van der Waals surface area contributed by atoms with Gasteiger partial charge in [-0.05, 0) is 30.6 Å². The topological polar surface area (TPSA) is 89.8 Å². The van der Waals surface area contributed by atoms with Crippen LogP contribution in [0.4, 0.5) is 0 Å². The second-order valence-electron chi connectivity index (χ2n) is 3.38. The highest BCUT2D eigenvalue weighted by Gasteiger charge is 2.05. The molecule has 0 aromatic heterocycles. The quantitative estimate of drug-likeness (QED) is 0.638. The molecule has 19 heavy (non-hydrogen) atoms. The fourth-order valence-electron chi connectivity index (χ4n) is 1.04. The molecule has 0 aliphatic carbocycles. The standard InChI is InChI=1S/C12H19NO2.C2H4O2/c1-2-3-8-13-9-12(15)10-4-6-11(14)7-5-10;1-2(3)4/h4-7,12-15H,2-3,8-9H2,1H3;1H3,(H,3,4)/i1D3,2D2,3D2,8D2;. The second kappa shape index (κ2) is 10.3. The first kappa shape index (κ1) is 7.26. The van der Waals surface area contributed by atoms with Crippen LogP contribution in [0.2, 0.25) is 0 Å². The molecule has 0 bridgehead atoms. The monoisotopic (exact) mass is 278 g/mol. The Balaban J connectivity index is 0.00000165. The third kappa shape index (κ3) is 10.1. The number of carboxylic acids is 1. The fraction of sp³-hybridized carbons (Fsp3) is 0.500. The van der Waals surface area contributed by atoms with E-state index in [-0.39, 0.29) is 5.75 Å². The summed E-state index contributed by atoms with van der Waals surface area (Å²) < 4.78 is 66.9. The van der Waals surface area contributed by atoms with Crippen LogP contribution in [0.5, 0.6) is 5.75 Å². The van der Waals surface area contributed by atoms with E-state index >= 15 is 0 Å². The summed E-state index contributed by atoms with van der Waals surface area (Å²) in [5.41, 5.74) is 0.315. The lowest BCUT2D eigenvalue weighted by atomic mass is 10.1. The minimum Gasteiger partial charge on any atom is -0.508 e. The van der Waals surface area contributed by atoms with Crippen molar-refractivity contribution in [2.24, 2.45) is 0 Å². The minimum absolute atomic E-state index is 0.0311. The van der Waals surface area contributed by atoms with Crippen molar-refractivity contribution in [1.29, 1.82) is 0 Å². The molecule has 0 spiro atoms. The molecule has 4 N–H and O–H groups in total. The van der Waals surface area contributed by atoms with Gasteiger partial charge in [0.05, 0.1) is 6.10 Å². The maximum Gasteiger partial charge on any atom is 0.300 e. The predicted octanol–water partition coefficient (Wildman–Crippen LogP) is 1.91. The van der Waals surface area contributed by atoms with Crippen LogP contribution in [-0.4, -0.2) is 34.3 Å². The molecular formula is C14H23NO4. The number of aliphatic hydroxyl groups is 1. The molecule has 108 valence electrons. The van der Waals surface area contributed by atoms with E-state index in [1.54, 1.807) is 0 Å². The van der Waals surface area contributed by atoms with Gasteiger partial charge in [0.2, 0.25) is 0 Å². The smallest absolute Gasteiger partial charge is 0.300 e. The second-order valence-corrected chi connectivity index (χ2v) is 3.38. The van der Waals surface area contributed by atoms with Crippen molar-refractivity contribution in [1.82, 2.24) is 5.32 Å². The van der Waals surface area contributed by atoms with E-state index in [1.807, 2.05) is 5.32 Å². The molecule has 0 fully saturated rings. The molecule has 0 aliphatic rings. The first-order valence-electron chi connectivity index (χ1n) is 9.78. The average molecular weight is 278 g/mol. The molecule has 5 nitrogen and oxygen atoms in total. The summed E-state index contributed by atoms with van der Waals surface area (Å²) in [4.78, 5) is 9.00. The van der Waals surface area contributed by atoms with Crippen LogP contribution in [0.3, 0.4) is 0 Å². The summed E-state index contributed by atoms with van der Waals surface area (Å²) in [5, 5.41) is 28.6. The number of hydrogen-bond acceptors (Lipinski definition) is 4. The lowest BCUT2D eigenvalue weighted by Gasteiger charge is -2.11. The van der Waals surface area contributed by atoms with Crippen LogP contribution in [0.25, 0.3) is 0 Å². The molecule has 0 aliphatic heterocycles. The lowest BCUT2D eigenvalue weighted by Crippen LogP contribution is -2.22. The van der Waals surface area contributed by atoms with E-state index in [0.717, 1.165) is 6.92 Å². The van der Waals surface area contributed by atoms with Crippen molar-refractivity contribution < 1.29 is 32.5 Å². The Hall–Kier alpha value is -1.59. The van der Waals surface area contributed by atoms with Crippen molar-refractivity contribution in [2.45, 2.75) is 32.6 Å². The number of phenols is 1. The molecular weight excluding hydrogens is 246 g/mol. The molecule has 5 heteroatoms. The van der Waals surface area contributed by atoms with Gasteiger partial charge in [0.25, 0.3) is 5.97 Å². The SMILES string of the molecule is CC(=O)O.[2H]C([2H])([2H])C([2H])([2H])C([2H])([2H])C([2H])([2H])NCC(O)c1ccc(O)cc1. The summed E-state index contributed by atoms with van der Waals surface area (Å²) >= 11 is 0.